The second-order valence-corrected chi connectivity index (χ2v) is 7.05. The van der Waals surface area contributed by atoms with Crippen LogP contribution in [-0.2, 0) is 5.41 Å². The van der Waals surface area contributed by atoms with Crippen molar-refractivity contribution in [2.75, 3.05) is 19.1 Å². The number of nitrogens with zero attached hydrogens (tertiary/aromatic N) is 1. The Morgan fingerprint density at radius 1 is 1.13 bits per heavy atom. The Morgan fingerprint density at radius 3 is 2.57 bits per heavy atom. The highest BCUT2D eigenvalue weighted by Crippen LogP contribution is 2.57. The van der Waals surface area contributed by atoms with Gasteiger partial charge in [-0.2, -0.15) is 0 Å². The van der Waals surface area contributed by atoms with Crippen molar-refractivity contribution in [3.63, 3.8) is 0 Å². The molecule has 2 nitrogen and oxygen atoms in total. The Kier molecular flexibility index (Phi) is 3.06. The fourth-order valence-electron chi connectivity index (χ4n) is 4.73. The Labute approximate surface area is 138 Å². The lowest BCUT2D eigenvalue weighted by atomic mass is 9.77. The van der Waals surface area contributed by atoms with E-state index in [1.54, 1.807) is 7.11 Å². The molecule has 0 fully saturated rings. The Morgan fingerprint density at radius 2 is 1.87 bits per heavy atom. The van der Waals surface area contributed by atoms with E-state index < -0.39 is 0 Å². The molecule has 4 rings (SSSR count). The number of hydrogen-bond acceptors (Lipinski definition) is 2. The topological polar surface area (TPSA) is 12.5 Å². The molecular weight excluding hydrogens is 282 g/mol. The minimum Gasteiger partial charge on any atom is -0.497 e. The zero-order valence-corrected chi connectivity index (χ0v) is 14.3. The molecule has 0 bridgehead atoms. The third-order valence-electron chi connectivity index (χ3n) is 5.64. The van der Waals surface area contributed by atoms with Gasteiger partial charge in [-0.15, -0.1) is 0 Å². The number of rotatable bonds is 2. The maximum absolute atomic E-state index is 5.47. The third-order valence-corrected chi connectivity index (χ3v) is 5.64. The molecule has 2 aliphatic rings. The van der Waals surface area contributed by atoms with Gasteiger partial charge < -0.3 is 9.64 Å². The molecule has 0 spiro atoms. The minimum atomic E-state index is 0.119. The SMILES string of the molecule is COc1ccc2c(c1)[C@]1(C)CC(C)=C(c3ccccc3)[C@@H]1N2C. The minimum absolute atomic E-state index is 0.119. The van der Waals surface area contributed by atoms with Crippen LogP contribution in [-0.4, -0.2) is 20.2 Å². The molecule has 0 unspecified atom stereocenters. The van der Waals surface area contributed by atoms with Crippen LogP contribution in [0.5, 0.6) is 5.75 Å². The number of benzene rings is 2. The van der Waals surface area contributed by atoms with E-state index in [1.165, 1.54) is 28.0 Å². The summed E-state index contributed by atoms with van der Waals surface area (Å²) in [4.78, 5) is 2.45. The van der Waals surface area contributed by atoms with Gasteiger partial charge in [0, 0.05) is 18.2 Å². The first-order chi connectivity index (χ1) is 11.1. The van der Waals surface area contributed by atoms with Gasteiger partial charge in [0.25, 0.3) is 0 Å². The molecule has 1 heterocycles. The molecule has 0 saturated carbocycles. The number of methoxy groups -OCH3 is 1. The molecule has 0 radical (unpaired) electrons. The Balaban J connectivity index is 1.87. The standard InChI is InChI=1S/C21H23NO/c1-14-13-21(2)17-12-16(23-4)10-11-18(17)22(3)20(21)19(14)15-8-6-5-7-9-15/h5-12,20H,13H2,1-4H3/t20-,21-/m0/s1. The number of anilines is 1. The fourth-order valence-corrected chi connectivity index (χ4v) is 4.73. The Hall–Kier alpha value is -2.22. The molecule has 2 aromatic rings. The number of allylic oxidation sites excluding steroid dienone is 1. The van der Waals surface area contributed by atoms with Crippen LogP contribution in [0.15, 0.2) is 54.1 Å². The summed E-state index contributed by atoms with van der Waals surface area (Å²) in [5.74, 6) is 0.949. The summed E-state index contributed by atoms with van der Waals surface area (Å²) in [6.07, 6.45) is 1.10. The molecule has 23 heavy (non-hydrogen) atoms. The lowest BCUT2D eigenvalue weighted by Gasteiger charge is -2.31. The molecule has 2 aromatic carbocycles. The summed E-state index contributed by atoms with van der Waals surface area (Å²) in [7, 11) is 3.97. The number of hydrogen-bond donors (Lipinski definition) is 0. The van der Waals surface area contributed by atoms with Crippen molar-refractivity contribution in [1.82, 2.24) is 0 Å². The van der Waals surface area contributed by atoms with E-state index in [-0.39, 0.29) is 5.41 Å². The van der Waals surface area contributed by atoms with Gasteiger partial charge in [0.15, 0.2) is 0 Å². The number of fused-ring (bicyclic) bond motifs is 3. The van der Waals surface area contributed by atoms with Crippen LogP contribution >= 0.6 is 0 Å². The summed E-state index contributed by atoms with van der Waals surface area (Å²) >= 11 is 0. The van der Waals surface area contributed by atoms with Gasteiger partial charge in [0.05, 0.1) is 13.2 Å². The normalized spacial score (nSPS) is 25.6. The van der Waals surface area contributed by atoms with Crippen LogP contribution < -0.4 is 9.64 Å². The first-order valence-corrected chi connectivity index (χ1v) is 8.22. The van der Waals surface area contributed by atoms with Gasteiger partial charge in [-0.25, -0.2) is 0 Å². The fraction of sp³-hybridized carbons (Fsp3) is 0.333. The summed E-state index contributed by atoms with van der Waals surface area (Å²) in [5, 5.41) is 0. The van der Waals surface area contributed by atoms with Crippen molar-refractivity contribution in [2.45, 2.75) is 31.7 Å². The molecule has 0 saturated heterocycles. The van der Waals surface area contributed by atoms with Crippen LogP contribution in [0.1, 0.15) is 31.4 Å². The number of ether oxygens (including phenoxy) is 1. The summed E-state index contributed by atoms with van der Waals surface area (Å²) in [6, 6.07) is 17.7. The van der Waals surface area contributed by atoms with E-state index in [0.29, 0.717) is 6.04 Å². The number of likely N-dealkylation sites (N-methyl/N-ethyl adjacent to an activating group) is 1. The van der Waals surface area contributed by atoms with Crippen molar-refractivity contribution in [3.05, 3.63) is 65.2 Å². The first kappa shape index (κ1) is 14.4. The van der Waals surface area contributed by atoms with Crippen molar-refractivity contribution in [2.24, 2.45) is 0 Å². The molecule has 0 amide bonds. The zero-order valence-electron chi connectivity index (χ0n) is 14.3. The highest BCUT2D eigenvalue weighted by Gasteiger charge is 2.52. The van der Waals surface area contributed by atoms with E-state index in [1.807, 2.05) is 0 Å². The van der Waals surface area contributed by atoms with Crippen molar-refractivity contribution in [1.29, 1.82) is 0 Å². The summed E-state index contributed by atoms with van der Waals surface area (Å²) < 4.78 is 5.47. The highest BCUT2D eigenvalue weighted by molar-refractivity contribution is 5.85. The molecular formula is C21H23NO. The molecule has 2 atom stereocenters. The average molecular weight is 305 g/mol. The van der Waals surface area contributed by atoms with E-state index in [2.05, 4.69) is 74.3 Å². The molecule has 1 aliphatic carbocycles. The molecule has 118 valence electrons. The zero-order chi connectivity index (χ0) is 16.2. The van der Waals surface area contributed by atoms with Gasteiger partial charge in [-0.1, -0.05) is 42.8 Å². The van der Waals surface area contributed by atoms with Crippen LogP contribution in [0.2, 0.25) is 0 Å². The first-order valence-electron chi connectivity index (χ1n) is 8.22. The predicted molar refractivity (Wildman–Crippen MR) is 96.2 cm³/mol. The maximum atomic E-state index is 5.47. The van der Waals surface area contributed by atoms with Gasteiger partial charge in [0.1, 0.15) is 5.75 Å². The molecule has 0 aromatic heterocycles. The second-order valence-electron chi connectivity index (χ2n) is 7.05. The summed E-state index contributed by atoms with van der Waals surface area (Å²) in [5.41, 5.74) is 7.21. The third kappa shape index (κ3) is 1.87. The lowest BCUT2D eigenvalue weighted by molar-refractivity contribution is 0.411. The van der Waals surface area contributed by atoms with Crippen molar-refractivity contribution >= 4 is 11.3 Å². The van der Waals surface area contributed by atoms with Crippen LogP contribution in [0.3, 0.4) is 0 Å². The average Bonchev–Trinajstić information content (AvgIpc) is 2.96. The quantitative estimate of drug-likeness (QED) is 0.801. The second kappa shape index (κ2) is 4.89. The van der Waals surface area contributed by atoms with E-state index in [4.69, 9.17) is 4.74 Å². The predicted octanol–water partition coefficient (Wildman–Crippen LogP) is 4.65. The van der Waals surface area contributed by atoms with E-state index in [9.17, 15) is 0 Å². The van der Waals surface area contributed by atoms with E-state index in [0.717, 1.165) is 12.2 Å². The Bertz CT molecular complexity index is 793. The van der Waals surface area contributed by atoms with Gasteiger partial charge in [0.2, 0.25) is 0 Å². The molecule has 1 aliphatic heterocycles. The van der Waals surface area contributed by atoms with Gasteiger partial charge in [-0.3, -0.25) is 0 Å². The maximum Gasteiger partial charge on any atom is 0.119 e. The smallest absolute Gasteiger partial charge is 0.119 e. The van der Waals surface area contributed by atoms with Crippen LogP contribution in [0.25, 0.3) is 5.57 Å². The van der Waals surface area contributed by atoms with Crippen molar-refractivity contribution in [3.8, 4) is 5.75 Å². The van der Waals surface area contributed by atoms with Gasteiger partial charge >= 0.3 is 0 Å². The van der Waals surface area contributed by atoms with Crippen LogP contribution in [0, 0.1) is 0 Å². The lowest BCUT2D eigenvalue weighted by Crippen LogP contribution is -2.38. The van der Waals surface area contributed by atoms with Crippen LogP contribution in [0.4, 0.5) is 5.69 Å². The molecule has 2 heteroatoms. The highest BCUT2D eigenvalue weighted by atomic mass is 16.5. The molecule has 0 N–H and O–H groups in total. The van der Waals surface area contributed by atoms with E-state index >= 15 is 0 Å². The van der Waals surface area contributed by atoms with Gasteiger partial charge in [-0.05, 0) is 48.2 Å². The largest absolute Gasteiger partial charge is 0.497 e. The van der Waals surface area contributed by atoms with Crippen molar-refractivity contribution < 1.29 is 4.74 Å². The summed E-state index contributed by atoms with van der Waals surface area (Å²) in [6.45, 7) is 4.69. The monoisotopic (exact) mass is 305 g/mol.